The number of fused-ring (bicyclic) bond motifs is 2. The van der Waals surface area contributed by atoms with Crippen molar-refractivity contribution in [2.45, 2.75) is 18.9 Å². The third-order valence-electron chi connectivity index (χ3n) is 6.70. The Labute approximate surface area is 189 Å². The summed E-state index contributed by atoms with van der Waals surface area (Å²) in [7, 11) is 2.16. The molecule has 5 aromatic heterocycles. The molecule has 6 heterocycles. The molecule has 0 atom stereocenters. The van der Waals surface area contributed by atoms with Gasteiger partial charge in [-0.15, -0.1) is 0 Å². The van der Waals surface area contributed by atoms with E-state index in [1.54, 1.807) is 0 Å². The molecule has 0 unspecified atom stereocenters. The van der Waals surface area contributed by atoms with Crippen LogP contribution in [0.4, 0.5) is 5.69 Å². The van der Waals surface area contributed by atoms with E-state index in [4.69, 9.17) is 4.98 Å². The second-order valence-electron chi connectivity index (χ2n) is 9.03. The Balaban J connectivity index is 1.29. The monoisotopic (exact) mass is 440 g/mol. The van der Waals surface area contributed by atoms with Gasteiger partial charge in [-0.25, -0.2) is 9.97 Å². The van der Waals surface area contributed by atoms with Crippen molar-refractivity contribution in [2.75, 3.05) is 38.1 Å². The summed E-state index contributed by atoms with van der Waals surface area (Å²) in [4.78, 5) is 22.2. The molecule has 166 valence electrons. The first-order valence-electron chi connectivity index (χ1n) is 11.4. The van der Waals surface area contributed by atoms with Crippen molar-refractivity contribution >= 4 is 27.8 Å². The molecule has 2 N–H and O–H groups in total. The molecule has 1 aliphatic heterocycles. The molecule has 10 heteroatoms. The summed E-state index contributed by atoms with van der Waals surface area (Å²) in [5.74, 6) is 0.705. The average Bonchev–Trinajstić information content (AvgIpc) is 3.23. The van der Waals surface area contributed by atoms with Crippen LogP contribution in [0.15, 0.2) is 36.9 Å². The van der Waals surface area contributed by atoms with Crippen LogP contribution >= 0.6 is 0 Å². The quantitative estimate of drug-likeness (QED) is 0.442. The highest BCUT2D eigenvalue weighted by Gasteiger charge is 2.25. The molecule has 0 bridgehead atoms. The van der Waals surface area contributed by atoms with E-state index >= 15 is 0 Å². The highest BCUT2D eigenvalue weighted by molar-refractivity contribution is 5.95. The first-order valence-corrected chi connectivity index (χ1v) is 11.4. The fourth-order valence-corrected chi connectivity index (χ4v) is 4.59. The summed E-state index contributed by atoms with van der Waals surface area (Å²) < 4.78 is 2.04. The van der Waals surface area contributed by atoms with Crippen LogP contribution < -0.4 is 4.90 Å². The molecule has 0 amide bonds. The lowest BCUT2D eigenvalue weighted by atomic mass is 10.1. The lowest BCUT2D eigenvalue weighted by Gasteiger charge is -2.34. The number of likely N-dealkylation sites (N-methyl/N-ethyl adjacent to an activating group) is 1. The summed E-state index contributed by atoms with van der Waals surface area (Å²) >= 11 is 0. The van der Waals surface area contributed by atoms with Crippen LogP contribution in [0, 0.1) is 0 Å². The molecule has 5 aromatic rings. The van der Waals surface area contributed by atoms with E-state index in [0.29, 0.717) is 17.5 Å². The third-order valence-corrected chi connectivity index (χ3v) is 6.70. The van der Waals surface area contributed by atoms with Crippen molar-refractivity contribution in [3.05, 3.63) is 36.9 Å². The molecule has 0 aromatic carbocycles. The van der Waals surface area contributed by atoms with Gasteiger partial charge in [0.1, 0.15) is 11.2 Å². The minimum atomic E-state index is 0.546. The van der Waals surface area contributed by atoms with Crippen LogP contribution in [0.3, 0.4) is 0 Å². The summed E-state index contributed by atoms with van der Waals surface area (Å²) in [5, 5.41) is 13.1. The van der Waals surface area contributed by atoms with E-state index in [-0.39, 0.29) is 0 Å². The number of imidazole rings is 1. The number of rotatable bonds is 4. The van der Waals surface area contributed by atoms with Gasteiger partial charge in [-0.1, -0.05) is 0 Å². The van der Waals surface area contributed by atoms with Gasteiger partial charge in [-0.05, 0) is 32.0 Å². The first kappa shape index (κ1) is 18.8. The molecule has 1 saturated heterocycles. The Morgan fingerprint density at radius 1 is 1.06 bits per heavy atom. The van der Waals surface area contributed by atoms with Crippen molar-refractivity contribution in [1.29, 1.82) is 0 Å². The minimum absolute atomic E-state index is 0.546. The largest absolute Gasteiger partial charge is 0.367 e. The van der Waals surface area contributed by atoms with E-state index < -0.39 is 0 Å². The maximum atomic E-state index is 4.79. The zero-order chi connectivity index (χ0) is 21.9. The van der Waals surface area contributed by atoms with E-state index in [1.165, 1.54) is 12.8 Å². The Morgan fingerprint density at radius 3 is 2.79 bits per heavy atom. The zero-order valence-electron chi connectivity index (χ0n) is 18.4. The SMILES string of the molecule is CN1CCN(c2ccnc3nc(-c4n[nH]c5cnc(-c6cnn(C7CC7)c6)cc45)[nH]c23)CC1. The fourth-order valence-electron chi connectivity index (χ4n) is 4.59. The molecule has 2 aliphatic rings. The van der Waals surface area contributed by atoms with Crippen LogP contribution in [0.2, 0.25) is 0 Å². The summed E-state index contributed by atoms with van der Waals surface area (Å²) in [6.45, 7) is 4.06. The van der Waals surface area contributed by atoms with Gasteiger partial charge in [0.15, 0.2) is 11.5 Å². The van der Waals surface area contributed by atoms with Crippen molar-refractivity contribution in [1.82, 2.24) is 44.8 Å². The zero-order valence-corrected chi connectivity index (χ0v) is 18.4. The number of hydrogen-bond acceptors (Lipinski definition) is 7. The average molecular weight is 441 g/mol. The molecule has 0 radical (unpaired) electrons. The summed E-state index contributed by atoms with van der Waals surface area (Å²) in [6.07, 6.45) is 10.0. The van der Waals surface area contributed by atoms with Crippen molar-refractivity contribution < 1.29 is 0 Å². The topological polar surface area (TPSA) is 107 Å². The maximum Gasteiger partial charge on any atom is 0.180 e. The number of anilines is 1. The standard InChI is InChI=1S/C23H24N10/c1-31-6-8-32(9-7-31)19-4-5-24-22-21(19)27-23(28-22)20-16-10-17(25-12-18(16)29-30-20)14-11-26-33(13-14)15-2-3-15/h4-5,10-13,15H,2-3,6-9H2,1H3,(H,29,30)(H,24,27,28). The van der Waals surface area contributed by atoms with Gasteiger partial charge in [0.2, 0.25) is 0 Å². The van der Waals surface area contributed by atoms with E-state index in [2.05, 4.69) is 65.4 Å². The van der Waals surface area contributed by atoms with E-state index in [9.17, 15) is 0 Å². The van der Waals surface area contributed by atoms with Gasteiger partial charge in [-0.3, -0.25) is 14.8 Å². The Bertz CT molecular complexity index is 1470. The predicted octanol–water partition coefficient (Wildman–Crippen LogP) is 2.85. The molecule has 0 spiro atoms. The van der Waals surface area contributed by atoms with Crippen molar-refractivity contribution in [3.8, 4) is 22.8 Å². The number of H-pyrrole nitrogens is 2. The molecule has 2 fully saturated rings. The lowest BCUT2D eigenvalue weighted by molar-refractivity contribution is 0.313. The molecule has 1 saturated carbocycles. The van der Waals surface area contributed by atoms with Crippen LogP contribution in [-0.4, -0.2) is 78.0 Å². The maximum absolute atomic E-state index is 4.79. The predicted molar refractivity (Wildman–Crippen MR) is 126 cm³/mol. The lowest BCUT2D eigenvalue weighted by Crippen LogP contribution is -2.44. The van der Waals surface area contributed by atoms with Gasteiger partial charge < -0.3 is 14.8 Å². The number of nitrogens with one attached hydrogen (secondary N) is 2. The van der Waals surface area contributed by atoms with Crippen LogP contribution in [-0.2, 0) is 0 Å². The molecular formula is C23H24N10. The number of piperazine rings is 1. The molecule has 10 nitrogen and oxygen atoms in total. The number of pyridine rings is 2. The first-order chi connectivity index (χ1) is 16.2. The number of nitrogens with zero attached hydrogens (tertiary/aromatic N) is 8. The van der Waals surface area contributed by atoms with Gasteiger partial charge in [0, 0.05) is 49.5 Å². The molecular weight excluding hydrogens is 416 g/mol. The second kappa shape index (κ2) is 7.11. The van der Waals surface area contributed by atoms with Crippen LogP contribution in [0.5, 0.6) is 0 Å². The fraction of sp³-hybridized carbons (Fsp3) is 0.348. The van der Waals surface area contributed by atoms with Gasteiger partial charge in [0.25, 0.3) is 0 Å². The third kappa shape index (κ3) is 3.17. The number of aromatic amines is 2. The summed E-state index contributed by atoms with van der Waals surface area (Å²) in [6, 6.07) is 4.67. The van der Waals surface area contributed by atoms with E-state index in [0.717, 1.165) is 65.2 Å². The Morgan fingerprint density at radius 2 is 1.94 bits per heavy atom. The second-order valence-corrected chi connectivity index (χ2v) is 9.03. The smallest absolute Gasteiger partial charge is 0.180 e. The van der Waals surface area contributed by atoms with Crippen molar-refractivity contribution in [2.24, 2.45) is 0 Å². The normalized spacial score (nSPS) is 17.4. The van der Waals surface area contributed by atoms with Gasteiger partial charge in [-0.2, -0.15) is 10.2 Å². The number of aromatic nitrogens is 8. The minimum Gasteiger partial charge on any atom is -0.367 e. The highest BCUT2D eigenvalue weighted by Crippen LogP contribution is 2.36. The van der Waals surface area contributed by atoms with Gasteiger partial charge in [0.05, 0.1) is 35.3 Å². The van der Waals surface area contributed by atoms with Crippen molar-refractivity contribution in [3.63, 3.8) is 0 Å². The molecule has 1 aliphatic carbocycles. The highest BCUT2D eigenvalue weighted by atomic mass is 15.3. The summed E-state index contributed by atoms with van der Waals surface area (Å²) in [5.41, 5.74) is 6.33. The number of hydrogen-bond donors (Lipinski definition) is 2. The van der Waals surface area contributed by atoms with Crippen LogP contribution in [0.25, 0.3) is 44.8 Å². The van der Waals surface area contributed by atoms with E-state index in [1.807, 2.05) is 23.3 Å². The molecule has 7 rings (SSSR count). The van der Waals surface area contributed by atoms with Crippen LogP contribution in [0.1, 0.15) is 18.9 Å². The Kier molecular flexibility index (Phi) is 4.04. The van der Waals surface area contributed by atoms with Gasteiger partial charge >= 0.3 is 0 Å². The Hall–Kier alpha value is -3.79. The molecule has 33 heavy (non-hydrogen) atoms.